The summed E-state index contributed by atoms with van der Waals surface area (Å²) in [5, 5.41) is 1.22. The molecule has 34 heavy (non-hydrogen) atoms. The van der Waals surface area contributed by atoms with Crippen LogP contribution in [0.2, 0.25) is 5.02 Å². The molecule has 1 saturated heterocycles. The Morgan fingerprint density at radius 2 is 1.76 bits per heavy atom. The molecular formula is C26H21ClN2O4S. The molecule has 1 heterocycles. The molecular weight excluding hydrogens is 472 g/mol. The Morgan fingerprint density at radius 3 is 2.47 bits per heavy atom. The summed E-state index contributed by atoms with van der Waals surface area (Å²) in [6.45, 7) is 0.382. The normalized spacial score (nSPS) is 15.7. The molecule has 0 aliphatic carbocycles. The van der Waals surface area contributed by atoms with Crippen LogP contribution in [-0.2, 0) is 16.1 Å². The lowest BCUT2D eigenvalue weighted by Gasteiger charge is -2.10. The van der Waals surface area contributed by atoms with Gasteiger partial charge in [-0.1, -0.05) is 41.9 Å². The molecule has 6 nitrogen and oxygen atoms in total. The number of likely N-dealkylation sites (N-methyl/N-ethyl adjacent to an activating group) is 1. The lowest BCUT2D eigenvalue weighted by molar-refractivity contribution is -0.121. The Kier molecular flexibility index (Phi) is 7.35. The average molecular weight is 493 g/mol. The molecule has 1 fully saturated rings. The van der Waals surface area contributed by atoms with Crippen molar-refractivity contribution < 1.29 is 19.1 Å². The molecule has 3 aromatic rings. The number of hydrogen-bond acceptors (Lipinski definition) is 6. The van der Waals surface area contributed by atoms with Crippen LogP contribution in [-0.4, -0.2) is 36.1 Å². The van der Waals surface area contributed by atoms with Crippen LogP contribution in [0.15, 0.2) is 82.7 Å². The Bertz CT molecular complexity index is 1270. The predicted molar refractivity (Wildman–Crippen MR) is 135 cm³/mol. The van der Waals surface area contributed by atoms with Gasteiger partial charge >= 0.3 is 5.97 Å². The molecule has 3 aromatic carbocycles. The summed E-state index contributed by atoms with van der Waals surface area (Å²) in [6, 6.07) is 21.7. The molecule has 0 unspecified atom stereocenters. The Labute approximate surface area is 206 Å². The number of nitrogens with zero attached hydrogens (tertiary/aromatic N) is 2. The maximum atomic E-state index is 12.9. The van der Waals surface area contributed by atoms with Crippen molar-refractivity contribution in [1.29, 1.82) is 0 Å². The molecule has 0 aromatic heterocycles. The number of amides is 1. The molecule has 1 aliphatic rings. The number of halogens is 1. The third kappa shape index (κ3) is 5.50. The largest absolute Gasteiger partial charge is 0.488 e. The number of carbonyl (C=O) groups excluding carboxylic acids is 2. The number of benzene rings is 3. The fourth-order valence-corrected chi connectivity index (χ4v) is 4.27. The van der Waals surface area contributed by atoms with Gasteiger partial charge in [-0.2, -0.15) is 0 Å². The highest BCUT2D eigenvalue weighted by Crippen LogP contribution is 2.35. The number of esters is 1. The van der Waals surface area contributed by atoms with Gasteiger partial charge in [0.2, 0.25) is 0 Å². The first-order valence-corrected chi connectivity index (χ1v) is 11.5. The van der Waals surface area contributed by atoms with Gasteiger partial charge in [0.15, 0.2) is 5.17 Å². The fraction of sp³-hybridized carbons (Fsp3) is 0.115. The topological polar surface area (TPSA) is 68.2 Å². The summed E-state index contributed by atoms with van der Waals surface area (Å²) in [7, 11) is 3.02. The third-order valence-electron chi connectivity index (χ3n) is 5.03. The number of methoxy groups -OCH3 is 1. The van der Waals surface area contributed by atoms with Crippen molar-refractivity contribution in [2.75, 3.05) is 14.2 Å². The van der Waals surface area contributed by atoms with Crippen molar-refractivity contribution in [3.63, 3.8) is 0 Å². The molecule has 1 amide bonds. The summed E-state index contributed by atoms with van der Waals surface area (Å²) in [6.07, 6.45) is 1.81. The van der Waals surface area contributed by atoms with E-state index in [2.05, 4.69) is 4.99 Å². The van der Waals surface area contributed by atoms with Crippen LogP contribution < -0.4 is 4.74 Å². The number of aliphatic imine (C=N–C) groups is 1. The number of para-hydroxylation sites is 1. The van der Waals surface area contributed by atoms with E-state index in [0.717, 1.165) is 11.1 Å². The summed E-state index contributed by atoms with van der Waals surface area (Å²) < 4.78 is 10.7. The van der Waals surface area contributed by atoms with Gasteiger partial charge in [0.25, 0.3) is 5.91 Å². The van der Waals surface area contributed by atoms with Crippen molar-refractivity contribution in [3.05, 3.63) is 99.4 Å². The fourth-order valence-electron chi connectivity index (χ4n) is 3.17. The first-order chi connectivity index (χ1) is 16.4. The standard InChI is InChI=1S/C26H21ClN2O4S/c1-29-24(30)23(34-26(29)28-21-13-9-18(10-14-21)25(31)32-2)15-19-5-3-4-6-22(19)33-16-17-7-11-20(27)12-8-17/h3-15H,16H2,1-2H3. The van der Waals surface area contributed by atoms with Gasteiger partial charge in [0, 0.05) is 17.6 Å². The van der Waals surface area contributed by atoms with Gasteiger partial charge in [0.05, 0.1) is 23.3 Å². The third-order valence-corrected chi connectivity index (χ3v) is 6.34. The number of ether oxygens (including phenoxy) is 2. The van der Waals surface area contributed by atoms with Crippen molar-refractivity contribution in [3.8, 4) is 5.75 Å². The van der Waals surface area contributed by atoms with Crippen LogP contribution in [0.5, 0.6) is 5.75 Å². The van der Waals surface area contributed by atoms with Crippen molar-refractivity contribution in [2.24, 2.45) is 4.99 Å². The predicted octanol–water partition coefficient (Wildman–Crippen LogP) is 5.94. The van der Waals surface area contributed by atoms with Crippen molar-refractivity contribution >= 4 is 52.2 Å². The monoisotopic (exact) mass is 492 g/mol. The molecule has 1 aliphatic heterocycles. The summed E-state index contributed by atoms with van der Waals surface area (Å²) in [5.74, 6) is 0.108. The van der Waals surface area contributed by atoms with Crippen LogP contribution in [0.3, 0.4) is 0 Å². The number of amidine groups is 1. The number of hydrogen-bond donors (Lipinski definition) is 0. The van der Waals surface area contributed by atoms with E-state index in [4.69, 9.17) is 21.1 Å². The zero-order valence-corrected chi connectivity index (χ0v) is 20.1. The second kappa shape index (κ2) is 10.6. The lowest BCUT2D eigenvalue weighted by atomic mass is 10.2. The Morgan fingerprint density at radius 1 is 1.06 bits per heavy atom. The first-order valence-electron chi connectivity index (χ1n) is 10.4. The summed E-state index contributed by atoms with van der Waals surface area (Å²) in [5.41, 5.74) is 2.85. The first kappa shape index (κ1) is 23.6. The van der Waals surface area contributed by atoms with E-state index in [1.807, 2.05) is 54.6 Å². The highest BCUT2D eigenvalue weighted by atomic mass is 35.5. The van der Waals surface area contributed by atoms with Gasteiger partial charge < -0.3 is 9.47 Å². The lowest BCUT2D eigenvalue weighted by Crippen LogP contribution is -2.23. The van der Waals surface area contributed by atoms with Gasteiger partial charge in [-0.25, -0.2) is 9.79 Å². The molecule has 0 spiro atoms. The quantitative estimate of drug-likeness (QED) is 0.314. The van der Waals surface area contributed by atoms with Crippen LogP contribution in [0.1, 0.15) is 21.5 Å². The van der Waals surface area contributed by atoms with Gasteiger partial charge in [-0.3, -0.25) is 9.69 Å². The summed E-state index contributed by atoms with van der Waals surface area (Å²) >= 11 is 7.23. The van der Waals surface area contributed by atoms with Gasteiger partial charge in [-0.05, 0) is 65.9 Å². The number of carbonyl (C=O) groups is 2. The zero-order valence-electron chi connectivity index (χ0n) is 18.5. The van der Waals surface area contributed by atoms with Crippen LogP contribution in [0.4, 0.5) is 5.69 Å². The molecule has 0 saturated carbocycles. The van der Waals surface area contributed by atoms with E-state index in [-0.39, 0.29) is 5.91 Å². The van der Waals surface area contributed by atoms with Gasteiger partial charge in [0.1, 0.15) is 12.4 Å². The van der Waals surface area contributed by atoms with Crippen LogP contribution in [0, 0.1) is 0 Å². The number of thioether (sulfide) groups is 1. The smallest absolute Gasteiger partial charge is 0.337 e. The molecule has 0 bridgehead atoms. The number of rotatable bonds is 6. The molecule has 4 rings (SSSR count). The van der Waals surface area contributed by atoms with E-state index in [9.17, 15) is 9.59 Å². The van der Waals surface area contributed by atoms with E-state index in [1.54, 1.807) is 31.3 Å². The Balaban J connectivity index is 1.52. The van der Waals surface area contributed by atoms with Gasteiger partial charge in [-0.15, -0.1) is 0 Å². The summed E-state index contributed by atoms with van der Waals surface area (Å²) in [4.78, 5) is 31.1. The minimum atomic E-state index is -0.413. The maximum absolute atomic E-state index is 12.9. The second-order valence-electron chi connectivity index (χ2n) is 7.36. The minimum Gasteiger partial charge on any atom is -0.488 e. The molecule has 172 valence electrons. The van der Waals surface area contributed by atoms with E-state index >= 15 is 0 Å². The highest BCUT2D eigenvalue weighted by molar-refractivity contribution is 8.18. The zero-order chi connectivity index (χ0) is 24.1. The van der Waals surface area contributed by atoms with Crippen molar-refractivity contribution in [2.45, 2.75) is 6.61 Å². The molecule has 8 heteroatoms. The van der Waals surface area contributed by atoms with E-state index in [0.29, 0.717) is 38.7 Å². The maximum Gasteiger partial charge on any atom is 0.337 e. The van der Waals surface area contributed by atoms with E-state index < -0.39 is 5.97 Å². The second-order valence-corrected chi connectivity index (χ2v) is 8.81. The molecule has 0 radical (unpaired) electrons. The highest BCUT2D eigenvalue weighted by Gasteiger charge is 2.30. The Hall–Kier alpha value is -3.55. The van der Waals surface area contributed by atoms with Crippen molar-refractivity contribution in [1.82, 2.24) is 4.90 Å². The molecule has 0 atom stereocenters. The SMILES string of the molecule is COC(=O)c1ccc(N=C2SC(=Cc3ccccc3OCc3ccc(Cl)cc3)C(=O)N2C)cc1. The average Bonchev–Trinajstić information content (AvgIpc) is 3.12. The van der Waals surface area contributed by atoms with Crippen LogP contribution in [0.25, 0.3) is 6.08 Å². The molecule has 0 N–H and O–H groups in total. The van der Waals surface area contributed by atoms with E-state index in [1.165, 1.54) is 23.8 Å². The minimum absolute atomic E-state index is 0.151. The van der Waals surface area contributed by atoms with Crippen LogP contribution >= 0.6 is 23.4 Å².